The molecule has 0 aliphatic carbocycles. The summed E-state index contributed by atoms with van der Waals surface area (Å²) < 4.78 is 11.1. The maximum Gasteiger partial charge on any atom is 0.335 e. The molecule has 0 aliphatic rings. The highest BCUT2D eigenvalue weighted by Crippen LogP contribution is 2.27. The lowest BCUT2D eigenvalue weighted by Crippen LogP contribution is -2.18. The van der Waals surface area contributed by atoms with Crippen molar-refractivity contribution in [2.45, 2.75) is 6.92 Å². The first-order valence-corrected chi connectivity index (χ1v) is 9.80. The van der Waals surface area contributed by atoms with Crippen LogP contribution in [0.25, 0.3) is 22.1 Å². The zero-order chi connectivity index (χ0) is 22.7. The molecule has 0 bridgehead atoms. The van der Waals surface area contributed by atoms with E-state index < -0.39 is 11.9 Å². The van der Waals surface area contributed by atoms with Gasteiger partial charge in [-0.3, -0.25) is 4.79 Å². The summed E-state index contributed by atoms with van der Waals surface area (Å²) in [5.41, 5.74) is 4.58. The van der Waals surface area contributed by atoms with Gasteiger partial charge in [-0.25, -0.2) is 10.2 Å². The second-order valence-electron chi connectivity index (χ2n) is 7.14. The molecule has 4 aromatic rings. The number of carbonyl (C=O) groups excluding carboxylic acids is 1. The Morgan fingerprint density at radius 1 is 1.03 bits per heavy atom. The van der Waals surface area contributed by atoms with E-state index in [0.29, 0.717) is 28.4 Å². The average Bonchev–Trinajstić information content (AvgIpc) is 3.26. The first-order valence-electron chi connectivity index (χ1n) is 9.80. The third-order valence-electron chi connectivity index (χ3n) is 5.05. The zero-order valence-corrected chi connectivity index (χ0v) is 17.5. The van der Waals surface area contributed by atoms with Gasteiger partial charge < -0.3 is 14.3 Å². The summed E-state index contributed by atoms with van der Waals surface area (Å²) in [4.78, 5) is 23.9. The minimum atomic E-state index is -1.01. The number of carbonyl (C=O) groups is 2. The Morgan fingerprint density at radius 2 is 1.78 bits per heavy atom. The predicted octanol–water partition coefficient (Wildman–Crippen LogP) is 4.88. The van der Waals surface area contributed by atoms with Gasteiger partial charge in [-0.2, -0.15) is 5.10 Å². The van der Waals surface area contributed by atoms with E-state index in [4.69, 9.17) is 9.15 Å². The Bertz CT molecular complexity index is 1350. The first-order chi connectivity index (χ1) is 15.5. The minimum absolute atomic E-state index is 0.175. The van der Waals surface area contributed by atoms with Gasteiger partial charge in [-0.15, -0.1) is 0 Å². The number of benzene rings is 3. The number of hydrogen-bond acceptors (Lipinski definition) is 5. The van der Waals surface area contributed by atoms with E-state index in [9.17, 15) is 14.7 Å². The van der Waals surface area contributed by atoms with Gasteiger partial charge in [0.2, 0.25) is 0 Å². The summed E-state index contributed by atoms with van der Waals surface area (Å²) in [5.74, 6) is -0.0574. The number of carboxylic acid groups (broad SMARTS) is 1. The van der Waals surface area contributed by atoms with E-state index >= 15 is 0 Å². The molecular weight excluding hydrogens is 408 g/mol. The maximum absolute atomic E-state index is 12.6. The highest BCUT2D eigenvalue weighted by molar-refractivity contribution is 6.02. The van der Waals surface area contributed by atoms with Crippen molar-refractivity contribution >= 4 is 28.9 Å². The molecule has 0 saturated carbocycles. The third kappa shape index (κ3) is 4.22. The Hall–Kier alpha value is -4.39. The Morgan fingerprint density at radius 3 is 2.50 bits per heavy atom. The molecule has 4 rings (SSSR count). The monoisotopic (exact) mass is 428 g/mol. The van der Waals surface area contributed by atoms with E-state index in [1.807, 2.05) is 31.2 Å². The highest BCUT2D eigenvalue weighted by atomic mass is 16.5. The van der Waals surface area contributed by atoms with Gasteiger partial charge in [0.15, 0.2) is 0 Å². The number of rotatable bonds is 6. The number of methoxy groups -OCH3 is 1. The van der Waals surface area contributed by atoms with Gasteiger partial charge in [0.05, 0.1) is 24.5 Å². The maximum atomic E-state index is 12.6. The zero-order valence-electron chi connectivity index (χ0n) is 17.5. The Kier molecular flexibility index (Phi) is 5.72. The number of hydrazone groups is 1. The molecule has 0 fully saturated rings. The Balaban J connectivity index is 1.52. The highest BCUT2D eigenvalue weighted by Gasteiger charge is 2.14. The van der Waals surface area contributed by atoms with Crippen LogP contribution in [0.4, 0.5) is 0 Å². The van der Waals surface area contributed by atoms with Crippen molar-refractivity contribution in [3.05, 3.63) is 89.2 Å². The molecule has 1 aromatic heterocycles. The quantitative estimate of drug-likeness (QED) is 0.337. The van der Waals surface area contributed by atoms with Gasteiger partial charge in [0.1, 0.15) is 17.3 Å². The normalized spacial score (nSPS) is 11.1. The first kappa shape index (κ1) is 20.9. The van der Waals surface area contributed by atoms with Crippen LogP contribution in [-0.2, 0) is 0 Å². The van der Waals surface area contributed by atoms with Gasteiger partial charge in [0.25, 0.3) is 5.91 Å². The van der Waals surface area contributed by atoms with Crippen LogP contribution in [0.15, 0.2) is 76.2 Å². The molecule has 0 spiro atoms. The number of aryl methyl sites for hydroxylation is 1. The standard InChI is InChI=1S/C25H20N2O5/c1-15-7-8-18(25(29)30)12-20(15)22-10-9-19(32-22)14-26-27-24(28)21-11-16-5-3-4-6-17(16)13-23(21)31-2/h3-14H,1-2H3,(H,27,28)(H,29,30). The van der Waals surface area contributed by atoms with Gasteiger partial charge in [-0.05, 0) is 59.7 Å². The van der Waals surface area contributed by atoms with Gasteiger partial charge in [0, 0.05) is 5.56 Å². The number of aromatic carboxylic acids is 1. The van der Waals surface area contributed by atoms with Crippen LogP contribution in [0.1, 0.15) is 32.0 Å². The average molecular weight is 428 g/mol. The van der Waals surface area contributed by atoms with Gasteiger partial charge in [-0.1, -0.05) is 30.3 Å². The summed E-state index contributed by atoms with van der Waals surface area (Å²) >= 11 is 0. The van der Waals surface area contributed by atoms with E-state index in [-0.39, 0.29) is 5.56 Å². The topological polar surface area (TPSA) is 101 Å². The molecule has 160 valence electrons. The number of ether oxygens (including phenoxy) is 1. The fourth-order valence-electron chi connectivity index (χ4n) is 3.37. The molecule has 0 saturated heterocycles. The number of hydrogen-bond donors (Lipinski definition) is 2. The van der Waals surface area contributed by atoms with Crippen molar-refractivity contribution in [1.82, 2.24) is 5.43 Å². The van der Waals surface area contributed by atoms with Crippen molar-refractivity contribution in [2.75, 3.05) is 7.11 Å². The van der Waals surface area contributed by atoms with E-state index in [0.717, 1.165) is 16.3 Å². The summed E-state index contributed by atoms with van der Waals surface area (Å²) in [5, 5.41) is 15.1. The lowest BCUT2D eigenvalue weighted by molar-refractivity contribution is 0.0696. The fraction of sp³-hybridized carbons (Fsp3) is 0.0800. The van der Waals surface area contributed by atoms with Crippen molar-refractivity contribution in [3.63, 3.8) is 0 Å². The van der Waals surface area contributed by atoms with E-state index in [1.165, 1.54) is 13.3 Å². The van der Waals surface area contributed by atoms with Crippen LogP contribution in [0.3, 0.4) is 0 Å². The smallest absolute Gasteiger partial charge is 0.335 e. The molecule has 7 nitrogen and oxygen atoms in total. The number of nitrogens with one attached hydrogen (secondary N) is 1. The molecule has 1 heterocycles. The number of furan rings is 1. The lowest BCUT2D eigenvalue weighted by atomic mass is 10.0. The van der Waals surface area contributed by atoms with Crippen LogP contribution in [0, 0.1) is 6.92 Å². The summed E-state index contributed by atoms with van der Waals surface area (Å²) in [6, 6.07) is 19.5. The molecule has 1 amide bonds. The van der Waals surface area contributed by atoms with Crippen molar-refractivity contribution in [3.8, 4) is 17.1 Å². The summed E-state index contributed by atoms with van der Waals surface area (Å²) in [6.45, 7) is 1.87. The number of fused-ring (bicyclic) bond motifs is 1. The number of amides is 1. The van der Waals surface area contributed by atoms with Crippen LogP contribution in [0.5, 0.6) is 5.75 Å². The molecular formula is C25H20N2O5. The second kappa shape index (κ2) is 8.77. The summed E-state index contributed by atoms with van der Waals surface area (Å²) in [7, 11) is 1.51. The molecule has 2 N–H and O–H groups in total. The largest absolute Gasteiger partial charge is 0.496 e. The van der Waals surface area contributed by atoms with Crippen LogP contribution in [-0.4, -0.2) is 30.3 Å². The second-order valence-corrected chi connectivity index (χ2v) is 7.14. The molecule has 0 aliphatic heterocycles. The van der Waals surface area contributed by atoms with Crippen molar-refractivity contribution < 1.29 is 23.8 Å². The molecule has 0 radical (unpaired) electrons. The van der Waals surface area contributed by atoms with E-state index in [2.05, 4.69) is 10.5 Å². The molecule has 0 atom stereocenters. The van der Waals surface area contributed by atoms with E-state index in [1.54, 1.807) is 42.5 Å². The number of carboxylic acids is 1. The predicted molar refractivity (Wildman–Crippen MR) is 121 cm³/mol. The van der Waals surface area contributed by atoms with Gasteiger partial charge >= 0.3 is 5.97 Å². The summed E-state index contributed by atoms with van der Waals surface area (Å²) in [6.07, 6.45) is 1.38. The lowest BCUT2D eigenvalue weighted by Gasteiger charge is -2.09. The minimum Gasteiger partial charge on any atom is -0.496 e. The van der Waals surface area contributed by atoms with Crippen molar-refractivity contribution in [2.24, 2.45) is 5.10 Å². The van der Waals surface area contributed by atoms with Crippen molar-refractivity contribution in [1.29, 1.82) is 0 Å². The molecule has 7 heteroatoms. The Labute approximate surface area is 183 Å². The fourth-order valence-corrected chi connectivity index (χ4v) is 3.37. The molecule has 3 aromatic carbocycles. The number of nitrogens with zero attached hydrogens (tertiary/aromatic N) is 1. The SMILES string of the molecule is COc1cc2ccccc2cc1C(=O)NN=Cc1ccc(-c2cc(C(=O)O)ccc2C)o1. The van der Waals surface area contributed by atoms with Crippen LogP contribution in [0.2, 0.25) is 0 Å². The van der Waals surface area contributed by atoms with Crippen LogP contribution < -0.4 is 10.2 Å². The van der Waals surface area contributed by atoms with Crippen LogP contribution >= 0.6 is 0 Å². The molecule has 32 heavy (non-hydrogen) atoms. The molecule has 0 unspecified atom stereocenters. The third-order valence-corrected chi connectivity index (χ3v) is 5.05.